The van der Waals surface area contributed by atoms with Crippen LogP contribution in [0.4, 0.5) is 0 Å². The number of hydrogen-bond acceptors (Lipinski definition) is 2. The van der Waals surface area contributed by atoms with Crippen LogP contribution in [-0.2, 0) is 9.53 Å². The third-order valence-corrected chi connectivity index (χ3v) is 5.91. The quantitative estimate of drug-likeness (QED) is 0.286. The molecule has 0 saturated carbocycles. The van der Waals surface area contributed by atoms with Crippen molar-refractivity contribution in [2.45, 2.75) is 84.7 Å². The van der Waals surface area contributed by atoms with Crippen molar-refractivity contribution in [3.8, 4) is 0 Å². The van der Waals surface area contributed by atoms with Gasteiger partial charge in [-0.1, -0.05) is 89.3 Å². The van der Waals surface area contributed by atoms with Crippen molar-refractivity contribution >= 4 is 22.3 Å². The van der Waals surface area contributed by atoms with E-state index in [9.17, 15) is 4.79 Å². The molecule has 0 radical (unpaired) electrons. The number of allylic oxidation sites excluding steroid dienone is 1. The van der Waals surface area contributed by atoms with Gasteiger partial charge in [0.1, 0.15) is 6.10 Å². The molecule has 2 aromatic carbocycles. The molecule has 1 unspecified atom stereocenters. The molecule has 0 saturated heterocycles. The molecule has 0 spiro atoms. The summed E-state index contributed by atoms with van der Waals surface area (Å²) in [5.74, 6) is 0.544. The van der Waals surface area contributed by atoms with E-state index in [1.807, 2.05) is 0 Å². The summed E-state index contributed by atoms with van der Waals surface area (Å²) in [6, 6.07) is 12.9. The van der Waals surface area contributed by atoms with E-state index in [0.717, 1.165) is 24.8 Å². The molecule has 29 heavy (non-hydrogen) atoms. The van der Waals surface area contributed by atoms with Crippen LogP contribution in [0.1, 0.15) is 95.8 Å². The number of carbonyl (C=O) groups is 1. The average Bonchev–Trinajstić information content (AvgIpc) is 2.70. The second-order valence-corrected chi connectivity index (χ2v) is 8.80. The van der Waals surface area contributed by atoms with Crippen LogP contribution in [0, 0.1) is 5.92 Å². The Morgan fingerprint density at radius 2 is 1.76 bits per heavy atom. The summed E-state index contributed by atoms with van der Waals surface area (Å²) in [5, 5.41) is 2.50. The van der Waals surface area contributed by atoms with Crippen molar-refractivity contribution in [1.29, 1.82) is 0 Å². The van der Waals surface area contributed by atoms with Crippen LogP contribution >= 0.6 is 0 Å². The fourth-order valence-electron chi connectivity index (χ4n) is 4.33. The van der Waals surface area contributed by atoms with E-state index in [1.54, 1.807) is 0 Å². The number of unbranched alkanes of at least 4 members (excludes halogenated alkanes) is 4. The van der Waals surface area contributed by atoms with Gasteiger partial charge >= 0.3 is 5.97 Å². The van der Waals surface area contributed by atoms with Crippen LogP contribution in [0.3, 0.4) is 0 Å². The van der Waals surface area contributed by atoms with Gasteiger partial charge in [0.15, 0.2) is 0 Å². The maximum Gasteiger partial charge on any atom is 0.306 e. The Morgan fingerprint density at radius 3 is 2.52 bits per heavy atom. The molecule has 2 aromatic rings. The minimum atomic E-state index is -0.259. The lowest BCUT2D eigenvalue weighted by Crippen LogP contribution is -2.13. The van der Waals surface area contributed by atoms with E-state index in [0.29, 0.717) is 12.3 Å². The van der Waals surface area contributed by atoms with Crippen LogP contribution in [-0.4, -0.2) is 5.97 Å². The zero-order chi connectivity index (χ0) is 20.6. The normalized spacial score (nSPS) is 15.6. The monoisotopic (exact) mass is 392 g/mol. The summed E-state index contributed by atoms with van der Waals surface area (Å²) in [7, 11) is 0. The van der Waals surface area contributed by atoms with Gasteiger partial charge in [-0.05, 0) is 53.2 Å². The van der Waals surface area contributed by atoms with E-state index in [-0.39, 0.29) is 12.1 Å². The molecule has 1 atom stereocenters. The van der Waals surface area contributed by atoms with Crippen molar-refractivity contribution in [1.82, 2.24) is 0 Å². The third-order valence-electron chi connectivity index (χ3n) is 5.91. The van der Waals surface area contributed by atoms with Crippen molar-refractivity contribution in [2.24, 2.45) is 5.92 Å². The third kappa shape index (κ3) is 5.72. The van der Waals surface area contributed by atoms with Crippen molar-refractivity contribution in [2.75, 3.05) is 0 Å². The molecule has 2 heteroatoms. The van der Waals surface area contributed by atoms with Gasteiger partial charge in [0.05, 0.1) is 0 Å². The Balaban J connectivity index is 1.78. The minimum absolute atomic E-state index is 0.0782. The lowest BCUT2D eigenvalue weighted by Gasteiger charge is -2.25. The van der Waals surface area contributed by atoms with Gasteiger partial charge in [0.25, 0.3) is 0 Å². The van der Waals surface area contributed by atoms with Gasteiger partial charge in [-0.3, -0.25) is 4.79 Å². The molecular formula is C27H36O2. The van der Waals surface area contributed by atoms with Crippen LogP contribution in [0.5, 0.6) is 0 Å². The molecule has 0 N–H and O–H groups in total. The SMILES string of the molecule is CCCCCCCC1=CC(OC(=O)CCCC(C)C)c2cccc3cccc1c23. The molecule has 2 nitrogen and oxygen atoms in total. The van der Waals surface area contributed by atoms with Crippen LogP contribution in [0.15, 0.2) is 42.5 Å². The number of benzene rings is 2. The van der Waals surface area contributed by atoms with Crippen LogP contribution in [0.2, 0.25) is 0 Å². The van der Waals surface area contributed by atoms with Gasteiger partial charge in [-0.15, -0.1) is 0 Å². The summed E-state index contributed by atoms with van der Waals surface area (Å²) in [4.78, 5) is 12.5. The van der Waals surface area contributed by atoms with E-state index in [1.165, 1.54) is 54.0 Å². The second-order valence-electron chi connectivity index (χ2n) is 8.80. The molecule has 1 aliphatic carbocycles. The van der Waals surface area contributed by atoms with Gasteiger partial charge < -0.3 is 4.74 Å². The Hall–Kier alpha value is -2.09. The molecule has 3 rings (SSSR count). The Bertz CT molecular complexity index is 841. The molecule has 0 heterocycles. The minimum Gasteiger partial charge on any atom is -0.453 e. The summed E-state index contributed by atoms with van der Waals surface area (Å²) in [6.07, 6.45) is 11.8. The first-order chi connectivity index (χ1) is 14.1. The molecular weight excluding hydrogens is 356 g/mol. The number of ether oxygens (including phenoxy) is 1. The highest BCUT2D eigenvalue weighted by Crippen LogP contribution is 2.41. The maximum absolute atomic E-state index is 12.5. The Morgan fingerprint density at radius 1 is 1.00 bits per heavy atom. The smallest absolute Gasteiger partial charge is 0.306 e. The topological polar surface area (TPSA) is 26.3 Å². The highest BCUT2D eigenvalue weighted by molar-refractivity contribution is 5.98. The fraction of sp³-hybridized carbons (Fsp3) is 0.519. The highest BCUT2D eigenvalue weighted by atomic mass is 16.5. The van der Waals surface area contributed by atoms with Crippen LogP contribution in [0.25, 0.3) is 16.3 Å². The Kier molecular flexibility index (Phi) is 7.91. The second kappa shape index (κ2) is 10.6. The average molecular weight is 393 g/mol. The highest BCUT2D eigenvalue weighted by Gasteiger charge is 2.24. The standard InChI is InChI=1S/C27H36O2/c1-4-5-6-7-8-13-22-19-25(29-26(28)18-9-12-20(2)3)24-17-11-15-21-14-10-16-23(22)27(21)24/h10-11,14-17,19-20,25H,4-9,12-13,18H2,1-3H3. The molecule has 0 bridgehead atoms. The first kappa shape index (κ1) is 21.6. The zero-order valence-corrected chi connectivity index (χ0v) is 18.4. The first-order valence-electron chi connectivity index (χ1n) is 11.5. The Labute approximate surface area is 176 Å². The van der Waals surface area contributed by atoms with E-state index < -0.39 is 0 Å². The predicted molar refractivity (Wildman–Crippen MR) is 123 cm³/mol. The molecule has 0 fully saturated rings. The largest absolute Gasteiger partial charge is 0.453 e. The van der Waals surface area contributed by atoms with Gasteiger partial charge in [0, 0.05) is 12.0 Å². The summed E-state index contributed by atoms with van der Waals surface area (Å²) in [5.41, 5.74) is 3.79. The number of rotatable bonds is 11. The number of hydrogen-bond donors (Lipinski definition) is 0. The van der Waals surface area contributed by atoms with E-state index in [4.69, 9.17) is 4.74 Å². The zero-order valence-electron chi connectivity index (χ0n) is 18.4. The van der Waals surface area contributed by atoms with Crippen molar-refractivity contribution in [3.05, 3.63) is 53.6 Å². The predicted octanol–water partition coefficient (Wildman–Crippen LogP) is 8.01. The summed E-state index contributed by atoms with van der Waals surface area (Å²) >= 11 is 0. The lowest BCUT2D eigenvalue weighted by atomic mass is 9.84. The molecule has 0 aliphatic heterocycles. The maximum atomic E-state index is 12.5. The molecule has 1 aliphatic rings. The van der Waals surface area contributed by atoms with Crippen molar-refractivity contribution < 1.29 is 9.53 Å². The van der Waals surface area contributed by atoms with Gasteiger partial charge in [-0.25, -0.2) is 0 Å². The van der Waals surface area contributed by atoms with Crippen molar-refractivity contribution in [3.63, 3.8) is 0 Å². The summed E-state index contributed by atoms with van der Waals surface area (Å²) in [6.45, 7) is 6.64. The number of carbonyl (C=O) groups excluding carboxylic acids is 1. The van der Waals surface area contributed by atoms with Gasteiger partial charge in [0.2, 0.25) is 0 Å². The molecule has 0 amide bonds. The van der Waals surface area contributed by atoms with Crippen LogP contribution < -0.4 is 0 Å². The fourth-order valence-corrected chi connectivity index (χ4v) is 4.33. The van der Waals surface area contributed by atoms with Gasteiger partial charge in [-0.2, -0.15) is 0 Å². The molecule has 0 aromatic heterocycles. The van der Waals surface area contributed by atoms with E-state index >= 15 is 0 Å². The first-order valence-corrected chi connectivity index (χ1v) is 11.5. The lowest BCUT2D eigenvalue weighted by molar-refractivity contribution is -0.147. The van der Waals surface area contributed by atoms with E-state index in [2.05, 4.69) is 63.2 Å². The summed E-state index contributed by atoms with van der Waals surface area (Å²) < 4.78 is 5.98. The molecule has 156 valence electrons. The number of esters is 1.